The van der Waals surface area contributed by atoms with Crippen LogP contribution in [0.2, 0.25) is 0 Å². The van der Waals surface area contributed by atoms with Crippen molar-refractivity contribution in [3.8, 4) is 0 Å². The minimum absolute atomic E-state index is 0.0128. The summed E-state index contributed by atoms with van der Waals surface area (Å²) in [5, 5.41) is 0.353. The Morgan fingerprint density at radius 3 is 2.59 bits per heavy atom. The van der Waals surface area contributed by atoms with Crippen LogP contribution in [0.25, 0.3) is 0 Å². The number of rotatable bonds is 4. The maximum Gasteiger partial charge on any atom is 0.417 e. The number of hydrogen-bond donors (Lipinski definition) is 0. The zero-order valence-corrected chi connectivity index (χ0v) is 16.2. The van der Waals surface area contributed by atoms with Gasteiger partial charge in [-0.25, -0.2) is 4.98 Å². The molecule has 10 heteroatoms. The smallest absolute Gasteiger partial charge is 0.339 e. The number of carbonyl (C=O) groups excluding carboxylic acids is 2. The van der Waals surface area contributed by atoms with Crippen LogP contribution in [0.5, 0.6) is 0 Å². The molecule has 1 aromatic heterocycles. The zero-order valence-electron chi connectivity index (χ0n) is 14.6. The summed E-state index contributed by atoms with van der Waals surface area (Å²) in [5.74, 6) is 1.73. The van der Waals surface area contributed by atoms with Crippen molar-refractivity contribution in [2.24, 2.45) is 0 Å². The van der Waals surface area contributed by atoms with Gasteiger partial charge in [0.1, 0.15) is 6.04 Å². The number of carbonyl (C=O) groups is 2. The maximum atomic E-state index is 12.7. The highest BCUT2D eigenvalue weighted by atomic mass is 32.2. The van der Waals surface area contributed by atoms with Gasteiger partial charge in [-0.2, -0.15) is 24.9 Å². The van der Waals surface area contributed by atoms with Crippen LogP contribution in [0, 0.1) is 0 Å². The van der Waals surface area contributed by atoms with Gasteiger partial charge < -0.3 is 9.80 Å². The molecule has 5 nitrogen and oxygen atoms in total. The summed E-state index contributed by atoms with van der Waals surface area (Å²) >= 11 is 2.90. The normalized spacial score (nSPS) is 20.8. The highest BCUT2D eigenvalue weighted by Crippen LogP contribution is 2.30. The Hall–Kier alpha value is -1.42. The monoisotopic (exact) mass is 419 g/mol. The first kappa shape index (κ1) is 20.3. The molecule has 1 aromatic rings. The molecule has 2 fully saturated rings. The fourth-order valence-corrected chi connectivity index (χ4v) is 4.80. The van der Waals surface area contributed by atoms with Crippen LogP contribution in [0.1, 0.15) is 18.4 Å². The number of amides is 2. The summed E-state index contributed by atoms with van der Waals surface area (Å²) in [6.07, 6.45) is -2.21. The van der Waals surface area contributed by atoms with E-state index in [4.69, 9.17) is 0 Å². The van der Waals surface area contributed by atoms with E-state index >= 15 is 0 Å². The van der Waals surface area contributed by atoms with Gasteiger partial charge in [0.25, 0.3) is 0 Å². The van der Waals surface area contributed by atoms with Gasteiger partial charge in [-0.15, -0.1) is 0 Å². The van der Waals surface area contributed by atoms with Crippen molar-refractivity contribution in [1.29, 1.82) is 0 Å². The molecule has 2 saturated heterocycles. The molecule has 148 valence electrons. The number of nitrogens with zero attached hydrogens (tertiary/aromatic N) is 3. The molecule has 0 N–H and O–H groups in total. The Labute approximate surface area is 164 Å². The zero-order chi connectivity index (χ0) is 19.4. The molecule has 2 aliphatic rings. The third-order valence-electron chi connectivity index (χ3n) is 4.59. The molecule has 27 heavy (non-hydrogen) atoms. The second-order valence-corrected chi connectivity index (χ2v) is 8.57. The largest absolute Gasteiger partial charge is 0.417 e. The highest BCUT2D eigenvalue weighted by Gasteiger charge is 2.36. The van der Waals surface area contributed by atoms with Crippen LogP contribution >= 0.6 is 23.5 Å². The van der Waals surface area contributed by atoms with Gasteiger partial charge in [0.05, 0.1) is 16.3 Å². The first-order valence-electron chi connectivity index (χ1n) is 8.68. The molecule has 0 saturated carbocycles. The summed E-state index contributed by atoms with van der Waals surface area (Å²) in [4.78, 5) is 32.5. The molecule has 1 atom stereocenters. The third kappa shape index (κ3) is 5.10. The molecule has 2 aliphatic heterocycles. The molecule has 2 amide bonds. The number of hydrogen-bond acceptors (Lipinski definition) is 5. The fraction of sp³-hybridized carbons (Fsp3) is 0.588. The molecule has 0 aliphatic carbocycles. The Balaban J connectivity index is 1.56. The fourth-order valence-electron chi connectivity index (χ4n) is 3.17. The maximum absolute atomic E-state index is 12.7. The van der Waals surface area contributed by atoms with Gasteiger partial charge in [0.15, 0.2) is 0 Å². The van der Waals surface area contributed by atoms with Crippen molar-refractivity contribution in [3.05, 3.63) is 23.9 Å². The molecule has 0 spiro atoms. The Morgan fingerprint density at radius 2 is 1.96 bits per heavy atom. The van der Waals surface area contributed by atoms with Gasteiger partial charge in [0, 0.05) is 37.3 Å². The van der Waals surface area contributed by atoms with Crippen LogP contribution in [-0.2, 0) is 15.8 Å². The second-order valence-electron chi connectivity index (χ2n) is 6.35. The van der Waals surface area contributed by atoms with Crippen molar-refractivity contribution in [1.82, 2.24) is 14.8 Å². The SMILES string of the molecule is O=C(C1CCCN1C(=O)CSc1ccc(C(F)(F)F)cn1)N1CCSCC1. The average molecular weight is 419 g/mol. The van der Waals surface area contributed by atoms with E-state index in [-0.39, 0.29) is 17.6 Å². The lowest BCUT2D eigenvalue weighted by molar-refractivity contribution is -0.142. The topological polar surface area (TPSA) is 53.5 Å². The van der Waals surface area contributed by atoms with Gasteiger partial charge in [0.2, 0.25) is 11.8 Å². The molecule has 3 rings (SSSR count). The molecular weight excluding hydrogens is 399 g/mol. The molecule has 0 aromatic carbocycles. The number of thioether (sulfide) groups is 2. The molecular formula is C17H20F3N3O2S2. The second kappa shape index (κ2) is 8.72. The van der Waals surface area contributed by atoms with Gasteiger partial charge in [-0.1, -0.05) is 11.8 Å². The highest BCUT2D eigenvalue weighted by molar-refractivity contribution is 8.00. The van der Waals surface area contributed by atoms with E-state index in [1.54, 1.807) is 4.90 Å². The van der Waals surface area contributed by atoms with Crippen molar-refractivity contribution in [3.63, 3.8) is 0 Å². The van der Waals surface area contributed by atoms with E-state index in [2.05, 4.69) is 4.98 Å². The van der Waals surface area contributed by atoms with E-state index in [1.807, 2.05) is 16.7 Å². The number of alkyl halides is 3. The number of likely N-dealkylation sites (tertiary alicyclic amines) is 1. The van der Waals surface area contributed by atoms with Gasteiger partial charge in [-0.05, 0) is 25.0 Å². The standard InChI is InChI=1S/C17H20F3N3O2S2/c18-17(19,20)12-3-4-14(21-10-12)27-11-15(24)23-5-1-2-13(23)16(25)22-6-8-26-9-7-22/h3-4,10,13H,1-2,5-9,11H2. The van der Waals surface area contributed by atoms with Crippen molar-refractivity contribution < 1.29 is 22.8 Å². The van der Waals surface area contributed by atoms with Crippen molar-refractivity contribution >= 4 is 35.3 Å². The summed E-state index contributed by atoms with van der Waals surface area (Å²) in [6, 6.07) is 1.80. The summed E-state index contributed by atoms with van der Waals surface area (Å²) < 4.78 is 37.7. The Bertz CT molecular complexity index is 679. The molecule has 0 radical (unpaired) electrons. The van der Waals surface area contributed by atoms with E-state index in [9.17, 15) is 22.8 Å². The minimum atomic E-state index is -4.43. The predicted molar refractivity (Wildman–Crippen MR) is 98.6 cm³/mol. The quantitative estimate of drug-likeness (QED) is 0.703. The first-order chi connectivity index (χ1) is 12.9. The summed E-state index contributed by atoms with van der Waals surface area (Å²) in [6.45, 7) is 1.97. The van der Waals surface area contributed by atoms with Crippen molar-refractivity contribution in [2.45, 2.75) is 30.1 Å². The van der Waals surface area contributed by atoms with E-state index in [0.717, 1.165) is 42.0 Å². The lowest BCUT2D eigenvalue weighted by Gasteiger charge is -2.32. The predicted octanol–water partition coefficient (Wildman–Crippen LogP) is 2.76. The van der Waals surface area contributed by atoms with Crippen LogP contribution in [-0.4, -0.2) is 69.5 Å². The number of halogens is 3. The Kier molecular flexibility index (Phi) is 6.56. The third-order valence-corrected chi connectivity index (χ3v) is 6.46. The molecule has 1 unspecified atom stereocenters. The lowest BCUT2D eigenvalue weighted by Crippen LogP contribution is -2.50. The van der Waals surface area contributed by atoms with Crippen LogP contribution in [0.4, 0.5) is 13.2 Å². The van der Waals surface area contributed by atoms with Gasteiger partial charge >= 0.3 is 6.18 Å². The summed E-state index contributed by atoms with van der Waals surface area (Å²) in [7, 11) is 0. The molecule has 0 bridgehead atoms. The van der Waals surface area contributed by atoms with Gasteiger partial charge in [-0.3, -0.25) is 9.59 Å². The van der Waals surface area contributed by atoms with Crippen LogP contribution in [0.15, 0.2) is 23.4 Å². The first-order valence-corrected chi connectivity index (χ1v) is 10.8. The van der Waals surface area contributed by atoms with E-state index < -0.39 is 17.8 Å². The lowest BCUT2D eigenvalue weighted by atomic mass is 10.2. The van der Waals surface area contributed by atoms with Crippen LogP contribution < -0.4 is 0 Å². The summed E-state index contributed by atoms with van der Waals surface area (Å²) in [5.41, 5.74) is -0.817. The van der Waals surface area contributed by atoms with E-state index in [0.29, 0.717) is 31.1 Å². The average Bonchev–Trinajstić information content (AvgIpc) is 3.16. The molecule has 3 heterocycles. The Morgan fingerprint density at radius 1 is 1.22 bits per heavy atom. The minimum Gasteiger partial charge on any atom is -0.339 e. The number of pyridine rings is 1. The van der Waals surface area contributed by atoms with Crippen LogP contribution in [0.3, 0.4) is 0 Å². The number of aromatic nitrogens is 1. The van der Waals surface area contributed by atoms with E-state index in [1.165, 1.54) is 6.07 Å². The van der Waals surface area contributed by atoms with Crippen molar-refractivity contribution in [2.75, 3.05) is 36.9 Å².